The average Bonchev–Trinajstić information content (AvgIpc) is 2.97. The zero-order valence-electron chi connectivity index (χ0n) is 10.8. The van der Waals surface area contributed by atoms with E-state index in [1.54, 1.807) is 24.4 Å². The number of carbonyl (C=O) groups is 1. The highest BCUT2D eigenvalue weighted by Crippen LogP contribution is 2.31. The summed E-state index contributed by atoms with van der Waals surface area (Å²) in [6.45, 7) is 0. The van der Waals surface area contributed by atoms with Gasteiger partial charge < -0.3 is 5.11 Å². The molecule has 2 aromatic rings. The number of sulfonamides is 1. The monoisotopic (exact) mass is 324 g/mol. The molecule has 1 aliphatic heterocycles. The van der Waals surface area contributed by atoms with E-state index < -0.39 is 22.0 Å². The Balaban J connectivity index is 2.15. The normalized spacial score (nSPS) is 19.9. The summed E-state index contributed by atoms with van der Waals surface area (Å²) in [4.78, 5) is 15.3. The van der Waals surface area contributed by atoms with Crippen molar-refractivity contribution < 1.29 is 18.3 Å². The number of benzene rings is 1. The van der Waals surface area contributed by atoms with Gasteiger partial charge in [0.1, 0.15) is 6.04 Å². The molecule has 0 spiro atoms. The van der Waals surface area contributed by atoms with Crippen LogP contribution in [0.5, 0.6) is 0 Å². The zero-order valence-corrected chi connectivity index (χ0v) is 12.5. The third-order valence-corrected chi connectivity index (χ3v) is 6.44. The van der Waals surface area contributed by atoms with Gasteiger partial charge in [0.15, 0.2) is 0 Å². The number of carboxylic acid groups (broad SMARTS) is 1. The van der Waals surface area contributed by atoms with E-state index in [0.717, 1.165) is 4.31 Å². The van der Waals surface area contributed by atoms with Crippen LogP contribution >= 0.6 is 11.8 Å². The van der Waals surface area contributed by atoms with E-state index >= 15 is 0 Å². The lowest BCUT2D eigenvalue weighted by molar-refractivity contribution is -0.140. The van der Waals surface area contributed by atoms with Gasteiger partial charge in [0.2, 0.25) is 10.0 Å². The molecular formula is C13H12N2O4S2. The smallest absolute Gasteiger partial charge is 0.322 e. The highest BCUT2D eigenvalue weighted by atomic mass is 32.2. The molecule has 1 aromatic carbocycles. The van der Waals surface area contributed by atoms with Gasteiger partial charge in [-0.25, -0.2) is 8.42 Å². The average molecular weight is 324 g/mol. The van der Waals surface area contributed by atoms with E-state index in [-0.39, 0.29) is 16.5 Å². The van der Waals surface area contributed by atoms with Gasteiger partial charge in [-0.1, -0.05) is 12.1 Å². The molecule has 1 saturated heterocycles. The number of hydrogen-bond acceptors (Lipinski definition) is 5. The van der Waals surface area contributed by atoms with Crippen LogP contribution in [0.3, 0.4) is 0 Å². The van der Waals surface area contributed by atoms with E-state index in [1.807, 2.05) is 0 Å². The maximum atomic E-state index is 12.8. The number of hydrogen-bond donors (Lipinski definition) is 1. The standard InChI is InChI=1S/C13H12N2O4S2/c16-13(17)11-7-20-8-15(11)21(18,19)12-3-1-2-9-6-14-5-4-10(9)12/h1-6,11H,7-8H2,(H,16,17)/t11-/m0/s1. The van der Waals surface area contributed by atoms with Gasteiger partial charge >= 0.3 is 5.97 Å². The Morgan fingerprint density at radius 3 is 2.95 bits per heavy atom. The molecule has 21 heavy (non-hydrogen) atoms. The summed E-state index contributed by atoms with van der Waals surface area (Å²) >= 11 is 1.30. The van der Waals surface area contributed by atoms with Crippen molar-refractivity contribution in [1.82, 2.24) is 9.29 Å². The number of carboxylic acids is 1. The molecule has 2 heterocycles. The lowest BCUT2D eigenvalue weighted by atomic mass is 10.2. The van der Waals surface area contributed by atoms with Gasteiger partial charge in [-0.2, -0.15) is 4.31 Å². The van der Waals surface area contributed by atoms with Gasteiger partial charge in [0.25, 0.3) is 0 Å². The molecule has 0 aliphatic carbocycles. The first kappa shape index (κ1) is 14.3. The first-order chi connectivity index (χ1) is 10.0. The lowest BCUT2D eigenvalue weighted by Crippen LogP contribution is -2.41. The van der Waals surface area contributed by atoms with Crippen molar-refractivity contribution in [2.75, 3.05) is 11.6 Å². The molecule has 0 amide bonds. The molecule has 8 heteroatoms. The summed E-state index contributed by atoms with van der Waals surface area (Å²) in [5.41, 5.74) is 0. The molecule has 0 bridgehead atoms. The Morgan fingerprint density at radius 2 is 2.19 bits per heavy atom. The number of thioether (sulfide) groups is 1. The number of fused-ring (bicyclic) bond motifs is 1. The molecular weight excluding hydrogens is 312 g/mol. The first-order valence-corrected chi connectivity index (χ1v) is 8.76. The third kappa shape index (κ3) is 2.39. The van der Waals surface area contributed by atoms with Gasteiger partial charge in [0.05, 0.1) is 10.8 Å². The minimum atomic E-state index is -3.86. The largest absolute Gasteiger partial charge is 0.480 e. The van der Waals surface area contributed by atoms with Gasteiger partial charge in [-0.3, -0.25) is 9.78 Å². The Bertz CT molecular complexity index is 801. The van der Waals surface area contributed by atoms with Crippen molar-refractivity contribution in [2.45, 2.75) is 10.9 Å². The molecule has 0 unspecified atom stereocenters. The van der Waals surface area contributed by atoms with Gasteiger partial charge in [0, 0.05) is 28.9 Å². The van der Waals surface area contributed by atoms with E-state index in [9.17, 15) is 18.3 Å². The fourth-order valence-electron chi connectivity index (χ4n) is 2.30. The summed E-state index contributed by atoms with van der Waals surface area (Å²) in [6, 6.07) is 5.52. The summed E-state index contributed by atoms with van der Waals surface area (Å²) in [7, 11) is -3.86. The molecule has 1 aliphatic rings. The Morgan fingerprint density at radius 1 is 1.38 bits per heavy atom. The van der Waals surface area contributed by atoms with E-state index in [2.05, 4.69) is 4.98 Å². The highest BCUT2D eigenvalue weighted by Gasteiger charge is 2.40. The highest BCUT2D eigenvalue weighted by molar-refractivity contribution is 8.00. The summed E-state index contributed by atoms with van der Waals surface area (Å²) in [6.07, 6.45) is 3.11. The van der Waals surface area contributed by atoms with Crippen LogP contribution in [-0.4, -0.2) is 46.5 Å². The summed E-state index contributed by atoms with van der Waals surface area (Å²) in [5, 5.41) is 10.4. The molecule has 1 N–H and O–H groups in total. The van der Waals surface area contributed by atoms with E-state index in [0.29, 0.717) is 10.8 Å². The second-order valence-corrected chi connectivity index (χ2v) is 7.46. The number of nitrogens with zero attached hydrogens (tertiary/aromatic N) is 2. The van der Waals surface area contributed by atoms with Crippen LogP contribution in [0.4, 0.5) is 0 Å². The van der Waals surface area contributed by atoms with Crippen molar-refractivity contribution in [3.63, 3.8) is 0 Å². The van der Waals surface area contributed by atoms with Crippen LogP contribution in [0.15, 0.2) is 41.6 Å². The topological polar surface area (TPSA) is 87.6 Å². The van der Waals surface area contributed by atoms with Crippen molar-refractivity contribution in [3.8, 4) is 0 Å². The predicted octanol–water partition coefficient (Wildman–Crippen LogP) is 1.38. The van der Waals surface area contributed by atoms with Crippen molar-refractivity contribution in [1.29, 1.82) is 0 Å². The third-order valence-electron chi connectivity index (χ3n) is 3.35. The fraction of sp³-hybridized carbons (Fsp3) is 0.231. The van der Waals surface area contributed by atoms with Gasteiger partial charge in [-0.15, -0.1) is 11.8 Å². The molecule has 1 fully saturated rings. The van der Waals surface area contributed by atoms with Crippen LogP contribution in [0.2, 0.25) is 0 Å². The minimum Gasteiger partial charge on any atom is -0.480 e. The van der Waals surface area contributed by atoms with Crippen LogP contribution in [0.1, 0.15) is 0 Å². The Kier molecular flexibility index (Phi) is 3.60. The van der Waals surface area contributed by atoms with E-state index in [4.69, 9.17) is 0 Å². The minimum absolute atomic E-state index is 0.121. The zero-order chi connectivity index (χ0) is 15.0. The maximum Gasteiger partial charge on any atom is 0.322 e. The first-order valence-electron chi connectivity index (χ1n) is 6.17. The summed E-state index contributed by atoms with van der Waals surface area (Å²) < 4.78 is 26.6. The summed E-state index contributed by atoms with van der Waals surface area (Å²) in [5.74, 6) is -0.702. The Labute approximate surface area is 125 Å². The van der Waals surface area contributed by atoms with Crippen molar-refractivity contribution in [2.24, 2.45) is 0 Å². The molecule has 1 aromatic heterocycles. The molecule has 3 rings (SSSR count). The number of aromatic nitrogens is 1. The lowest BCUT2D eigenvalue weighted by Gasteiger charge is -2.20. The molecule has 110 valence electrons. The van der Waals surface area contributed by atoms with Gasteiger partial charge in [-0.05, 0) is 12.1 Å². The van der Waals surface area contributed by atoms with Crippen LogP contribution in [-0.2, 0) is 14.8 Å². The molecule has 1 atom stereocenters. The second kappa shape index (κ2) is 5.28. The molecule has 6 nitrogen and oxygen atoms in total. The predicted molar refractivity (Wildman–Crippen MR) is 79.5 cm³/mol. The van der Waals surface area contributed by atoms with E-state index in [1.165, 1.54) is 24.0 Å². The quantitative estimate of drug-likeness (QED) is 0.918. The Hall–Kier alpha value is -1.64. The van der Waals surface area contributed by atoms with Crippen LogP contribution in [0, 0.1) is 0 Å². The van der Waals surface area contributed by atoms with Crippen molar-refractivity contribution in [3.05, 3.63) is 36.7 Å². The molecule has 0 saturated carbocycles. The van der Waals surface area contributed by atoms with Crippen LogP contribution < -0.4 is 0 Å². The second-order valence-electron chi connectivity index (χ2n) is 4.60. The van der Waals surface area contributed by atoms with Crippen molar-refractivity contribution >= 4 is 38.5 Å². The fourth-order valence-corrected chi connectivity index (χ4v) is 5.65. The maximum absolute atomic E-state index is 12.8. The number of rotatable bonds is 3. The number of aliphatic carboxylic acids is 1. The number of pyridine rings is 1. The van der Waals surface area contributed by atoms with Crippen LogP contribution in [0.25, 0.3) is 10.8 Å². The SMILES string of the molecule is O=C(O)[C@@H]1CSCN1S(=O)(=O)c1cccc2cnccc12. The molecule has 0 radical (unpaired) electrons.